The van der Waals surface area contributed by atoms with Crippen LogP contribution in [0.2, 0.25) is 5.28 Å². The van der Waals surface area contributed by atoms with Gasteiger partial charge in [-0.1, -0.05) is 20.8 Å². The van der Waals surface area contributed by atoms with Crippen molar-refractivity contribution in [1.29, 1.82) is 0 Å². The van der Waals surface area contributed by atoms with Crippen LogP contribution in [0.3, 0.4) is 0 Å². The summed E-state index contributed by atoms with van der Waals surface area (Å²) in [6.07, 6.45) is 14.3. The SMILES string of the molecule is CC(C)(C)[C@@H]1CCc2c(sc3ncn4nc(C56C[C@H]7C[C@@H](C5)CC(n5cnc(Cl)n5)(C7)C6)nc4c23)C1. The predicted molar refractivity (Wildman–Crippen MR) is 141 cm³/mol. The Bertz CT molecular complexity index is 1510. The predicted octanol–water partition coefficient (Wildman–Crippen LogP) is 5.98. The first-order valence-corrected chi connectivity index (χ1v) is 14.6. The van der Waals surface area contributed by atoms with Crippen LogP contribution in [0.15, 0.2) is 12.7 Å². The summed E-state index contributed by atoms with van der Waals surface area (Å²) >= 11 is 8.04. The van der Waals surface area contributed by atoms with E-state index in [1.54, 1.807) is 0 Å². The molecule has 0 aliphatic heterocycles. The summed E-state index contributed by atoms with van der Waals surface area (Å²) in [5, 5.41) is 11.3. The molecule has 4 aromatic heterocycles. The molecular formula is C27H32ClN7S. The van der Waals surface area contributed by atoms with Crippen LogP contribution in [0.4, 0.5) is 0 Å². The number of aromatic nitrogens is 7. The average Bonchev–Trinajstić information content (AvgIpc) is 3.53. The zero-order chi connectivity index (χ0) is 24.4. The van der Waals surface area contributed by atoms with Gasteiger partial charge >= 0.3 is 0 Å². The van der Waals surface area contributed by atoms with Crippen molar-refractivity contribution in [2.75, 3.05) is 0 Å². The van der Waals surface area contributed by atoms with E-state index >= 15 is 0 Å². The molecular weight excluding hydrogens is 490 g/mol. The van der Waals surface area contributed by atoms with Gasteiger partial charge in [0.15, 0.2) is 11.5 Å². The van der Waals surface area contributed by atoms with Gasteiger partial charge in [-0.25, -0.2) is 24.1 Å². The number of hydrogen-bond donors (Lipinski definition) is 0. The zero-order valence-corrected chi connectivity index (χ0v) is 22.7. The number of thiophene rings is 1. The van der Waals surface area contributed by atoms with Crippen LogP contribution in [0, 0.1) is 23.2 Å². The van der Waals surface area contributed by atoms with Crippen LogP contribution in [-0.4, -0.2) is 34.3 Å². The molecule has 2 unspecified atom stereocenters. The Kier molecular flexibility index (Phi) is 4.32. The molecule has 5 aliphatic carbocycles. The molecule has 0 N–H and O–H groups in total. The van der Waals surface area contributed by atoms with Crippen LogP contribution in [0.5, 0.6) is 0 Å². The molecule has 0 saturated heterocycles. The number of nitrogens with zero attached hydrogens (tertiary/aromatic N) is 7. The van der Waals surface area contributed by atoms with Crippen molar-refractivity contribution in [2.45, 2.75) is 89.5 Å². The van der Waals surface area contributed by atoms with Crippen LogP contribution >= 0.6 is 22.9 Å². The fraction of sp³-hybridized carbons (Fsp3) is 0.667. The van der Waals surface area contributed by atoms with Gasteiger partial charge < -0.3 is 0 Å². The Hall–Kier alpha value is -2.06. The smallest absolute Gasteiger partial charge is 0.242 e. The van der Waals surface area contributed by atoms with Gasteiger partial charge in [0.05, 0.1) is 10.9 Å². The second kappa shape index (κ2) is 7.07. The number of halogens is 1. The summed E-state index contributed by atoms with van der Waals surface area (Å²) in [4.78, 5) is 17.1. The summed E-state index contributed by atoms with van der Waals surface area (Å²) in [5.41, 5.74) is 2.80. The molecule has 4 fully saturated rings. The van der Waals surface area contributed by atoms with Gasteiger partial charge in [-0.3, -0.25) is 0 Å². The molecule has 0 radical (unpaired) electrons. The van der Waals surface area contributed by atoms with E-state index in [1.807, 2.05) is 28.5 Å². The normalized spacial score (nSPS) is 33.6. The molecule has 7 nitrogen and oxygen atoms in total. The van der Waals surface area contributed by atoms with Crippen molar-refractivity contribution >= 4 is 38.8 Å². The lowest BCUT2D eigenvalue weighted by molar-refractivity contribution is -0.0715. The van der Waals surface area contributed by atoms with Gasteiger partial charge in [-0.15, -0.1) is 21.5 Å². The van der Waals surface area contributed by atoms with E-state index in [-0.39, 0.29) is 11.0 Å². The third-order valence-electron chi connectivity index (χ3n) is 10.1. The number of hydrogen-bond acceptors (Lipinski definition) is 6. The fourth-order valence-corrected chi connectivity index (χ4v) is 10.1. The molecule has 9 rings (SSSR count). The van der Waals surface area contributed by atoms with Crippen molar-refractivity contribution in [3.63, 3.8) is 0 Å². The van der Waals surface area contributed by atoms with Gasteiger partial charge in [0, 0.05) is 10.3 Å². The third kappa shape index (κ3) is 3.00. The lowest BCUT2D eigenvalue weighted by Crippen LogP contribution is -2.58. The van der Waals surface area contributed by atoms with E-state index in [1.165, 1.54) is 41.5 Å². The molecule has 4 bridgehead atoms. The molecule has 9 heteroatoms. The molecule has 0 aromatic carbocycles. The minimum absolute atomic E-state index is 0.00569. The van der Waals surface area contributed by atoms with Crippen LogP contribution in [0.1, 0.15) is 82.0 Å². The van der Waals surface area contributed by atoms with Gasteiger partial charge in [-0.05, 0) is 98.1 Å². The molecule has 4 aromatic rings. The topological polar surface area (TPSA) is 73.8 Å². The third-order valence-corrected chi connectivity index (χ3v) is 11.4. The van der Waals surface area contributed by atoms with Gasteiger partial charge in [0.25, 0.3) is 0 Å². The highest BCUT2D eigenvalue weighted by Gasteiger charge is 2.61. The minimum atomic E-state index is -0.0151. The Morgan fingerprint density at radius 1 is 1.06 bits per heavy atom. The molecule has 5 atom stereocenters. The Balaban J connectivity index is 1.24. The quantitative estimate of drug-likeness (QED) is 0.324. The highest BCUT2D eigenvalue weighted by molar-refractivity contribution is 7.19. The lowest BCUT2D eigenvalue weighted by Gasteiger charge is -2.60. The Morgan fingerprint density at radius 3 is 2.58 bits per heavy atom. The van der Waals surface area contributed by atoms with Gasteiger partial charge in [0.1, 0.15) is 17.5 Å². The van der Waals surface area contributed by atoms with Crippen LogP contribution in [0.25, 0.3) is 15.9 Å². The van der Waals surface area contributed by atoms with Gasteiger partial charge in [0.2, 0.25) is 5.28 Å². The van der Waals surface area contributed by atoms with E-state index in [0.29, 0.717) is 22.5 Å². The summed E-state index contributed by atoms with van der Waals surface area (Å²) in [7, 11) is 0. The molecule has 188 valence electrons. The van der Waals surface area contributed by atoms with Crippen LogP contribution < -0.4 is 0 Å². The maximum Gasteiger partial charge on any atom is 0.242 e. The number of aryl methyl sites for hydroxylation is 1. The standard InChI is InChI=1S/C27H32ClN7S/c1-25(2,3)17-4-5-18-19(7-17)36-22-20(18)21-31-23(32-34(21)13-29-22)26-8-15-6-16(9-26)11-27(10-15,12-26)35-14-30-24(28)33-35/h13-17H,4-12H2,1-3H3/t15-,16+,17-,26?,27?/m1/s1. The second-order valence-electron chi connectivity index (χ2n) is 13.4. The van der Waals surface area contributed by atoms with Crippen molar-refractivity contribution in [3.8, 4) is 0 Å². The Morgan fingerprint density at radius 2 is 1.86 bits per heavy atom. The van der Waals surface area contributed by atoms with Gasteiger partial charge in [-0.2, -0.15) is 0 Å². The Labute approximate surface area is 219 Å². The molecule has 0 spiro atoms. The van der Waals surface area contributed by atoms with E-state index in [9.17, 15) is 0 Å². The fourth-order valence-electron chi connectivity index (χ4n) is 8.75. The van der Waals surface area contributed by atoms with Crippen LogP contribution in [-0.2, 0) is 23.8 Å². The van der Waals surface area contributed by atoms with E-state index < -0.39 is 0 Å². The maximum atomic E-state index is 6.17. The van der Waals surface area contributed by atoms with E-state index in [2.05, 4.69) is 35.5 Å². The van der Waals surface area contributed by atoms with Crippen molar-refractivity contribution < 1.29 is 0 Å². The van der Waals surface area contributed by atoms with E-state index in [0.717, 1.165) is 54.3 Å². The highest BCUT2D eigenvalue weighted by Crippen LogP contribution is 2.64. The number of fused-ring (bicyclic) bond motifs is 5. The van der Waals surface area contributed by atoms with Crippen molar-refractivity contribution in [2.24, 2.45) is 23.2 Å². The molecule has 4 saturated carbocycles. The van der Waals surface area contributed by atoms with Crippen molar-refractivity contribution in [1.82, 2.24) is 34.3 Å². The average molecular weight is 522 g/mol. The summed E-state index contributed by atoms with van der Waals surface area (Å²) in [6, 6.07) is 0. The highest BCUT2D eigenvalue weighted by atomic mass is 35.5. The summed E-state index contributed by atoms with van der Waals surface area (Å²) in [5.74, 6) is 3.10. The lowest BCUT2D eigenvalue weighted by atomic mass is 9.46. The zero-order valence-electron chi connectivity index (χ0n) is 21.2. The molecule has 4 heterocycles. The monoisotopic (exact) mass is 521 g/mol. The summed E-state index contributed by atoms with van der Waals surface area (Å²) in [6.45, 7) is 7.13. The second-order valence-corrected chi connectivity index (χ2v) is 14.8. The summed E-state index contributed by atoms with van der Waals surface area (Å²) < 4.78 is 4.05. The first-order chi connectivity index (χ1) is 17.2. The first kappa shape index (κ1) is 22.0. The molecule has 5 aliphatic rings. The first-order valence-electron chi connectivity index (χ1n) is 13.5. The molecule has 36 heavy (non-hydrogen) atoms. The molecule has 0 amide bonds. The number of rotatable bonds is 2. The van der Waals surface area contributed by atoms with E-state index in [4.69, 9.17) is 26.7 Å². The van der Waals surface area contributed by atoms with Crippen molar-refractivity contribution in [3.05, 3.63) is 34.2 Å². The maximum absolute atomic E-state index is 6.17. The largest absolute Gasteiger partial charge is 0.245 e. The minimum Gasteiger partial charge on any atom is -0.245 e.